The molecule has 0 aromatic carbocycles. The number of allylic oxidation sites excluding steroid dienone is 1. The number of hydrogen-bond donors (Lipinski definition) is 0. The second-order valence-corrected chi connectivity index (χ2v) is 7.22. The SMILES string of the molecule is C=C(C[C@@H](C)C(=O)N1CCOCC1)[C@H](C)[C@@H](C)C(=O)N1CCOCC1. The van der Waals surface area contributed by atoms with Crippen LogP contribution >= 0.6 is 0 Å². The van der Waals surface area contributed by atoms with Gasteiger partial charge in [-0.25, -0.2) is 0 Å². The number of amides is 2. The summed E-state index contributed by atoms with van der Waals surface area (Å²) >= 11 is 0. The van der Waals surface area contributed by atoms with Crippen LogP contribution in [-0.2, 0) is 19.1 Å². The Morgan fingerprint density at radius 2 is 1.28 bits per heavy atom. The van der Waals surface area contributed by atoms with E-state index in [0.717, 1.165) is 5.57 Å². The molecule has 2 heterocycles. The average Bonchev–Trinajstić information content (AvgIpc) is 2.66. The number of carbonyl (C=O) groups is 2. The molecule has 2 saturated heterocycles. The summed E-state index contributed by atoms with van der Waals surface area (Å²) in [7, 11) is 0. The lowest BCUT2D eigenvalue weighted by molar-refractivity contribution is -0.140. The van der Waals surface area contributed by atoms with Crippen molar-refractivity contribution < 1.29 is 19.1 Å². The Morgan fingerprint density at radius 1 is 0.840 bits per heavy atom. The van der Waals surface area contributed by atoms with Crippen LogP contribution in [0.4, 0.5) is 0 Å². The van der Waals surface area contributed by atoms with Crippen LogP contribution < -0.4 is 0 Å². The van der Waals surface area contributed by atoms with E-state index in [1.807, 2.05) is 30.6 Å². The largest absolute Gasteiger partial charge is 0.378 e. The lowest BCUT2D eigenvalue weighted by atomic mass is 9.84. The molecule has 0 unspecified atom stereocenters. The Balaban J connectivity index is 1.85. The monoisotopic (exact) mass is 352 g/mol. The Kier molecular flexibility index (Phi) is 7.44. The van der Waals surface area contributed by atoms with Gasteiger partial charge in [0.05, 0.1) is 26.4 Å². The van der Waals surface area contributed by atoms with Crippen LogP contribution in [0.25, 0.3) is 0 Å². The van der Waals surface area contributed by atoms with Crippen molar-refractivity contribution in [1.29, 1.82) is 0 Å². The highest BCUT2D eigenvalue weighted by molar-refractivity contribution is 5.80. The van der Waals surface area contributed by atoms with E-state index in [2.05, 4.69) is 6.58 Å². The minimum absolute atomic E-state index is 0.0512. The Morgan fingerprint density at radius 3 is 1.76 bits per heavy atom. The lowest BCUT2D eigenvalue weighted by Gasteiger charge is -2.33. The molecule has 2 aliphatic heterocycles. The molecule has 0 N–H and O–H groups in total. The van der Waals surface area contributed by atoms with Crippen molar-refractivity contribution in [1.82, 2.24) is 9.80 Å². The molecule has 6 nitrogen and oxygen atoms in total. The quantitative estimate of drug-likeness (QED) is 0.681. The number of ether oxygens (including phenoxy) is 2. The van der Waals surface area contributed by atoms with Crippen molar-refractivity contribution in [2.24, 2.45) is 17.8 Å². The van der Waals surface area contributed by atoms with Gasteiger partial charge in [0.25, 0.3) is 0 Å². The van der Waals surface area contributed by atoms with E-state index in [1.54, 1.807) is 0 Å². The summed E-state index contributed by atoms with van der Waals surface area (Å²) in [6.07, 6.45) is 0.623. The normalized spacial score (nSPS) is 22.2. The summed E-state index contributed by atoms with van der Waals surface area (Å²) in [6, 6.07) is 0. The number of carbonyl (C=O) groups excluding carboxylic acids is 2. The van der Waals surface area contributed by atoms with Gasteiger partial charge >= 0.3 is 0 Å². The minimum Gasteiger partial charge on any atom is -0.378 e. The predicted molar refractivity (Wildman–Crippen MR) is 96.0 cm³/mol. The van der Waals surface area contributed by atoms with Gasteiger partial charge in [0.2, 0.25) is 11.8 Å². The summed E-state index contributed by atoms with van der Waals surface area (Å²) in [5, 5.41) is 0. The summed E-state index contributed by atoms with van der Waals surface area (Å²) < 4.78 is 10.6. The second kappa shape index (κ2) is 9.34. The molecule has 25 heavy (non-hydrogen) atoms. The molecule has 2 rings (SSSR count). The first kappa shape index (κ1) is 19.9. The van der Waals surface area contributed by atoms with Gasteiger partial charge in [0.15, 0.2) is 0 Å². The third-order valence-electron chi connectivity index (χ3n) is 5.42. The molecule has 2 fully saturated rings. The zero-order valence-electron chi connectivity index (χ0n) is 15.8. The highest BCUT2D eigenvalue weighted by Gasteiger charge is 2.30. The van der Waals surface area contributed by atoms with E-state index in [9.17, 15) is 9.59 Å². The van der Waals surface area contributed by atoms with Gasteiger partial charge in [-0.15, -0.1) is 0 Å². The molecule has 0 spiro atoms. The van der Waals surface area contributed by atoms with Gasteiger partial charge < -0.3 is 19.3 Å². The first-order chi connectivity index (χ1) is 11.9. The van der Waals surface area contributed by atoms with Crippen molar-refractivity contribution in [2.75, 3.05) is 52.6 Å². The zero-order valence-corrected chi connectivity index (χ0v) is 15.8. The van der Waals surface area contributed by atoms with Crippen LogP contribution in [0.1, 0.15) is 27.2 Å². The second-order valence-electron chi connectivity index (χ2n) is 7.22. The van der Waals surface area contributed by atoms with E-state index in [-0.39, 0.29) is 29.6 Å². The third-order valence-corrected chi connectivity index (χ3v) is 5.42. The van der Waals surface area contributed by atoms with E-state index in [1.165, 1.54) is 0 Å². The fraction of sp³-hybridized carbons (Fsp3) is 0.789. The van der Waals surface area contributed by atoms with Crippen LogP contribution in [-0.4, -0.2) is 74.2 Å². The molecule has 6 heteroatoms. The molecule has 2 amide bonds. The Labute approximate surface area is 151 Å². The van der Waals surface area contributed by atoms with Crippen LogP contribution in [0.15, 0.2) is 12.2 Å². The number of hydrogen-bond acceptors (Lipinski definition) is 4. The fourth-order valence-electron chi connectivity index (χ4n) is 3.40. The molecule has 0 bridgehead atoms. The summed E-state index contributed by atoms with van der Waals surface area (Å²) in [6.45, 7) is 15.2. The van der Waals surface area contributed by atoms with Crippen molar-refractivity contribution in [3.63, 3.8) is 0 Å². The van der Waals surface area contributed by atoms with Crippen molar-refractivity contribution >= 4 is 11.8 Å². The van der Waals surface area contributed by atoms with Crippen LogP contribution in [0.5, 0.6) is 0 Å². The highest BCUT2D eigenvalue weighted by atomic mass is 16.5. The fourth-order valence-corrected chi connectivity index (χ4v) is 3.40. The van der Waals surface area contributed by atoms with E-state index in [4.69, 9.17) is 9.47 Å². The highest BCUT2D eigenvalue weighted by Crippen LogP contribution is 2.27. The van der Waals surface area contributed by atoms with Crippen molar-refractivity contribution in [3.05, 3.63) is 12.2 Å². The lowest BCUT2D eigenvalue weighted by Crippen LogP contribution is -2.45. The molecule has 0 radical (unpaired) electrons. The summed E-state index contributed by atoms with van der Waals surface area (Å²) in [5.41, 5.74) is 0.975. The Hall–Kier alpha value is -1.40. The molecular formula is C19H32N2O4. The van der Waals surface area contributed by atoms with Gasteiger partial charge in [0, 0.05) is 38.0 Å². The maximum absolute atomic E-state index is 12.7. The molecule has 142 valence electrons. The molecule has 0 aromatic heterocycles. The zero-order chi connectivity index (χ0) is 18.4. The minimum atomic E-state index is -0.128. The van der Waals surface area contributed by atoms with Crippen LogP contribution in [0.2, 0.25) is 0 Å². The predicted octanol–water partition coefficient (Wildman–Crippen LogP) is 1.56. The topological polar surface area (TPSA) is 59.1 Å². The number of rotatable bonds is 6. The van der Waals surface area contributed by atoms with Gasteiger partial charge in [-0.05, 0) is 12.3 Å². The molecule has 0 aliphatic carbocycles. The van der Waals surface area contributed by atoms with Gasteiger partial charge in [0.1, 0.15) is 0 Å². The third kappa shape index (κ3) is 5.28. The van der Waals surface area contributed by atoms with E-state index >= 15 is 0 Å². The van der Waals surface area contributed by atoms with Crippen molar-refractivity contribution in [3.8, 4) is 0 Å². The maximum atomic E-state index is 12.7. The van der Waals surface area contributed by atoms with Gasteiger partial charge in [-0.2, -0.15) is 0 Å². The molecule has 2 aliphatic rings. The molecule has 0 saturated carbocycles. The number of nitrogens with zero attached hydrogens (tertiary/aromatic N) is 2. The standard InChI is InChI=1S/C19H32N2O4/c1-14(13-15(2)18(22)20-5-9-24-10-6-20)16(3)17(4)19(23)21-7-11-25-12-8-21/h15-17H,1,5-13H2,2-4H3/t15-,16+,17-/m1/s1. The van der Waals surface area contributed by atoms with Gasteiger partial charge in [-0.3, -0.25) is 9.59 Å². The van der Waals surface area contributed by atoms with Crippen molar-refractivity contribution in [2.45, 2.75) is 27.2 Å². The summed E-state index contributed by atoms with van der Waals surface area (Å²) in [4.78, 5) is 28.9. The molecule has 3 atom stereocenters. The Bertz CT molecular complexity index is 482. The smallest absolute Gasteiger partial charge is 0.226 e. The van der Waals surface area contributed by atoms with E-state index < -0.39 is 0 Å². The first-order valence-corrected chi connectivity index (χ1v) is 9.32. The van der Waals surface area contributed by atoms with Crippen LogP contribution in [0, 0.1) is 17.8 Å². The molecular weight excluding hydrogens is 320 g/mol. The average molecular weight is 352 g/mol. The summed E-state index contributed by atoms with van der Waals surface area (Å²) in [5.74, 6) is 0.123. The number of morpholine rings is 2. The van der Waals surface area contributed by atoms with Crippen LogP contribution in [0.3, 0.4) is 0 Å². The van der Waals surface area contributed by atoms with E-state index in [0.29, 0.717) is 59.0 Å². The maximum Gasteiger partial charge on any atom is 0.226 e. The molecule has 0 aromatic rings. The van der Waals surface area contributed by atoms with Gasteiger partial charge in [-0.1, -0.05) is 32.9 Å². The first-order valence-electron chi connectivity index (χ1n) is 9.32.